The lowest BCUT2D eigenvalue weighted by Gasteiger charge is -2.20. The minimum atomic E-state index is 0.129. The Hall–Kier alpha value is -1.77. The smallest absolute Gasteiger partial charge is 0.227 e. The highest BCUT2D eigenvalue weighted by Crippen LogP contribution is 2.33. The number of nitrogen functional groups attached to an aromatic ring is 1. The van der Waals surface area contributed by atoms with Crippen molar-refractivity contribution in [1.29, 1.82) is 0 Å². The number of hydrogen-bond acceptors (Lipinski definition) is 2. The Morgan fingerprint density at radius 1 is 1.47 bits per heavy atom. The van der Waals surface area contributed by atoms with Crippen LogP contribution >= 0.6 is 0 Å². The predicted molar refractivity (Wildman–Crippen MR) is 71.0 cm³/mol. The number of carbonyl (C=O) groups excluding carboxylic acids is 1. The maximum atomic E-state index is 11.9. The van der Waals surface area contributed by atoms with E-state index in [2.05, 4.69) is 6.58 Å². The first-order valence-corrected chi connectivity index (χ1v) is 5.83. The van der Waals surface area contributed by atoms with Crippen molar-refractivity contribution in [2.24, 2.45) is 5.92 Å². The standard InChI is InChI=1S/C14H18N2O/c1-4-11-7-13(17)16(8-11)12-6-5-9(2)10(3)14(12)15/h4-6,11H,1,7-8,15H2,2-3H3. The van der Waals surface area contributed by atoms with Crippen molar-refractivity contribution < 1.29 is 4.79 Å². The molecule has 1 fully saturated rings. The predicted octanol–water partition coefficient (Wildman–Crippen LogP) is 2.42. The van der Waals surface area contributed by atoms with Gasteiger partial charge in [-0.2, -0.15) is 0 Å². The summed E-state index contributed by atoms with van der Waals surface area (Å²) in [5, 5.41) is 0. The topological polar surface area (TPSA) is 46.3 Å². The van der Waals surface area contributed by atoms with Gasteiger partial charge in [-0.25, -0.2) is 0 Å². The second kappa shape index (κ2) is 4.24. The molecule has 1 atom stereocenters. The van der Waals surface area contributed by atoms with Gasteiger partial charge in [0.05, 0.1) is 11.4 Å². The molecule has 1 aliphatic heterocycles. The number of aryl methyl sites for hydroxylation is 1. The van der Waals surface area contributed by atoms with Crippen molar-refractivity contribution in [3.63, 3.8) is 0 Å². The van der Waals surface area contributed by atoms with Gasteiger partial charge in [-0.1, -0.05) is 12.1 Å². The number of nitrogens with two attached hydrogens (primary N) is 1. The third-order valence-electron chi connectivity index (χ3n) is 3.54. The number of rotatable bonds is 2. The minimum absolute atomic E-state index is 0.129. The van der Waals surface area contributed by atoms with E-state index < -0.39 is 0 Å². The van der Waals surface area contributed by atoms with Gasteiger partial charge in [0.1, 0.15) is 0 Å². The largest absolute Gasteiger partial charge is 0.397 e. The summed E-state index contributed by atoms with van der Waals surface area (Å²) < 4.78 is 0. The van der Waals surface area contributed by atoms with E-state index in [1.54, 1.807) is 4.90 Å². The van der Waals surface area contributed by atoms with Gasteiger partial charge in [-0.05, 0) is 31.0 Å². The van der Waals surface area contributed by atoms with E-state index in [1.165, 1.54) is 0 Å². The first-order chi connectivity index (χ1) is 8.04. The zero-order valence-electron chi connectivity index (χ0n) is 10.4. The number of anilines is 2. The summed E-state index contributed by atoms with van der Waals surface area (Å²) >= 11 is 0. The van der Waals surface area contributed by atoms with Gasteiger partial charge in [0.2, 0.25) is 5.91 Å². The molecule has 90 valence electrons. The van der Waals surface area contributed by atoms with Crippen LogP contribution < -0.4 is 10.6 Å². The Morgan fingerprint density at radius 2 is 2.18 bits per heavy atom. The lowest BCUT2D eigenvalue weighted by atomic mass is 10.1. The zero-order valence-corrected chi connectivity index (χ0v) is 10.4. The summed E-state index contributed by atoms with van der Waals surface area (Å²) in [6.07, 6.45) is 2.38. The Bertz CT molecular complexity index is 479. The monoisotopic (exact) mass is 230 g/mol. The molecule has 2 rings (SSSR count). The van der Waals surface area contributed by atoms with E-state index in [-0.39, 0.29) is 11.8 Å². The number of benzene rings is 1. The Kier molecular flexibility index (Phi) is 2.92. The van der Waals surface area contributed by atoms with Gasteiger partial charge >= 0.3 is 0 Å². The molecule has 1 unspecified atom stereocenters. The van der Waals surface area contributed by atoms with Crippen LogP contribution in [0.1, 0.15) is 17.5 Å². The third kappa shape index (κ3) is 1.93. The molecule has 1 aromatic carbocycles. The average Bonchev–Trinajstić information content (AvgIpc) is 2.68. The maximum Gasteiger partial charge on any atom is 0.227 e. The Morgan fingerprint density at radius 3 is 2.76 bits per heavy atom. The quantitative estimate of drug-likeness (QED) is 0.626. The summed E-state index contributed by atoms with van der Waals surface area (Å²) in [6, 6.07) is 3.94. The summed E-state index contributed by atoms with van der Waals surface area (Å²) in [7, 11) is 0. The lowest BCUT2D eigenvalue weighted by Crippen LogP contribution is -2.25. The third-order valence-corrected chi connectivity index (χ3v) is 3.54. The second-order valence-electron chi connectivity index (χ2n) is 4.64. The highest BCUT2D eigenvalue weighted by atomic mass is 16.2. The van der Waals surface area contributed by atoms with Crippen LogP contribution in [0.4, 0.5) is 11.4 Å². The number of nitrogens with zero attached hydrogens (tertiary/aromatic N) is 1. The van der Waals surface area contributed by atoms with Crippen molar-refractivity contribution in [3.05, 3.63) is 35.9 Å². The van der Waals surface area contributed by atoms with Crippen molar-refractivity contribution in [1.82, 2.24) is 0 Å². The first kappa shape index (κ1) is 11.7. The molecule has 2 N–H and O–H groups in total. The summed E-state index contributed by atoms with van der Waals surface area (Å²) in [4.78, 5) is 13.7. The molecule has 3 heteroatoms. The minimum Gasteiger partial charge on any atom is -0.397 e. The van der Waals surface area contributed by atoms with E-state index in [9.17, 15) is 4.79 Å². The van der Waals surface area contributed by atoms with E-state index in [4.69, 9.17) is 5.73 Å². The summed E-state index contributed by atoms with van der Waals surface area (Å²) in [5.74, 6) is 0.369. The first-order valence-electron chi connectivity index (χ1n) is 5.83. The van der Waals surface area contributed by atoms with Crippen LogP contribution in [-0.4, -0.2) is 12.5 Å². The molecule has 0 aromatic heterocycles. The van der Waals surface area contributed by atoms with Crippen LogP contribution in [0.3, 0.4) is 0 Å². The fraction of sp³-hybridized carbons (Fsp3) is 0.357. The van der Waals surface area contributed by atoms with Crippen molar-refractivity contribution in [2.45, 2.75) is 20.3 Å². The van der Waals surface area contributed by atoms with Gasteiger partial charge in [0.15, 0.2) is 0 Å². The molecule has 0 radical (unpaired) electrons. The average molecular weight is 230 g/mol. The fourth-order valence-corrected chi connectivity index (χ4v) is 2.18. The van der Waals surface area contributed by atoms with E-state index in [0.29, 0.717) is 18.7 Å². The van der Waals surface area contributed by atoms with E-state index in [1.807, 2.05) is 32.1 Å². The van der Waals surface area contributed by atoms with Crippen molar-refractivity contribution in [3.8, 4) is 0 Å². The molecule has 1 saturated heterocycles. The molecule has 1 heterocycles. The van der Waals surface area contributed by atoms with Crippen LogP contribution in [0.2, 0.25) is 0 Å². The lowest BCUT2D eigenvalue weighted by molar-refractivity contribution is -0.117. The molecule has 3 nitrogen and oxygen atoms in total. The summed E-state index contributed by atoms with van der Waals surface area (Å²) in [5.41, 5.74) is 9.84. The van der Waals surface area contributed by atoms with Gasteiger partial charge in [-0.15, -0.1) is 6.58 Å². The Labute approximate surface area is 102 Å². The highest BCUT2D eigenvalue weighted by Gasteiger charge is 2.30. The molecule has 0 bridgehead atoms. The summed E-state index contributed by atoms with van der Waals surface area (Å²) in [6.45, 7) is 8.45. The van der Waals surface area contributed by atoms with Crippen LogP contribution in [0.5, 0.6) is 0 Å². The molecule has 17 heavy (non-hydrogen) atoms. The van der Waals surface area contributed by atoms with Gasteiger partial charge in [-0.3, -0.25) is 4.79 Å². The van der Waals surface area contributed by atoms with Crippen LogP contribution in [0, 0.1) is 19.8 Å². The van der Waals surface area contributed by atoms with Crippen molar-refractivity contribution >= 4 is 17.3 Å². The zero-order chi connectivity index (χ0) is 12.6. The molecule has 1 aromatic rings. The molecule has 0 spiro atoms. The Balaban J connectivity index is 2.39. The van der Waals surface area contributed by atoms with Gasteiger partial charge in [0.25, 0.3) is 0 Å². The normalized spacial score (nSPS) is 19.8. The molecule has 1 amide bonds. The fourth-order valence-electron chi connectivity index (χ4n) is 2.18. The van der Waals surface area contributed by atoms with Gasteiger partial charge in [0, 0.05) is 18.9 Å². The van der Waals surface area contributed by atoms with E-state index >= 15 is 0 Å². The molecular weight excluding hydrogens is 212 g/mol. The second-order valence-corrected chi connectivity index (χ2v) is 4.64. The van der Waals surface area contributed by atoms with Crippen LogP contribution in [0.15, 0.2) is 24.8 Å². The van der Waals surface area contributed by atoms with Gasteiger partial charge < -0.3 is 10.6 Å². The van der Waals surface area contributed by atoms with Crippen molar-refractivity contribution in [2.75, 3.05) is 17.2 Å². The van der Waals surface area contributed by atoms with Crippen LogP contribution in [-0.2, 0) is 4.79 Å². The number of carbonyl (C=O) groups is 1. The maximum absolute atomic E-state index is 11.9. The SMILES string of the molecule is C=CC1CC(=O)N(c2ccc(C)c(C)c2N)C1. The molecular formula is C14H18N2O. The molecule has 0 saturated carbocycles. The van der Waals surface area contributed by atoms with Crippen LogP contribution in [0.25, 0.3) is 0 Å². The molecule has 1 aliphatic rings. The number of hydrogen-bond donors (Lipinski definition) is 1. The van der Waals surface area contributed by atoms with E-state index in [0.717, 1.165) is 16.8 Å². The number of amides is 1. The highest BCUT2D eigenvalue weighted by molar-refractivity contribution is 5.99. The molecule has 0 aliphatic carbocycles.